The van der Waals surface area contributed by atoms with Gasteiger partial charge in [-0.2, -0.15) is 0 Å². The molecule has 28 heavy (non-hydrogen) atoms. The van der Waals surface area contributed by atoms with Crippen molar-refractivity contribution in [2.75, 3.05) is 13.1 Å². The van der Waals surface area contributed by atoms with Crippen LogP contribution in [0.3, 0.4) is 0 Å². The maximum Gasteiger partial charge on any atom is 0.306 e. The molecule has 1 aliphatic rings. The van der Waals surface area contributed by atoms with E-state index in [1.165, 1.54) is 0 Å². The van der Waals surface area contributed by atoms with Gasteiger partial charge in [0.2, 0.25) is 0 Å². The van der Waals surface area contributed by atoms with Crippen molar-refractivity contribution >= 4 is 55.9 Å². The molecule has 0 spiro atoms. The molecule has 2 heterocycles. The molecule has 0 N–H and O–H groups in total. The second-order valence-electron chi connectivity index (χ2n) is 8.39. The van der Waals surface area contributed by atoms with Gasteiger partial charge in [0.25, 0.3) is 0 Å². The molecule has 0 atom stereocenters. The van der Waals surface area contributed by atoms with Crippen LogP contribution in [-0.2, 0) is 16.1 Å². The molecule has 1 aromatic carbocycles. The summed E-state index contributed by atoms with van der Waals surface area (Å²) in [6.45, 7) is 8.30. The molecular formula is C21H25BrCl2N2O2. The van der Waals surface area contributed by atoms with Gasteiger partial charge in [-0.05, 0) is 80.2 Å². The van der Waals surface area contributed by atoms with Crippen LogP contribution in [0, 0.1) is 5.92 Å². The minimum atomic E-state index is -0.423. The number of aromatic nitrogens is 1. The molecular weight excluding hydrogens is 463 g/mol. The zero-order valence-electron chi connectivity index (χ0n) is 16.4. The van der Waals surface area contributed by atoms with E-state index < -0.39 is 5.60 Å². The smallest absolute Gasteiger partial charge is 0.306 e. The van der Waals surface area contributed by atoms with Crippen molar-refractivity contribution in [1.29, 1.82) is 0 Å². The highest BCUT2D eigenvalue weighted by molar-refractivity contribution is 9.10. The number of benzene rings is 1. The normalized spacial score (nSPS) is 16.5. The van der Waals surface area contributed by atoms with Gasteiger partial charge in [0.1, 0.15) is 5.60 Å². The van der Waals surface area contributed by atoms with E-state index in [1.54, 1.807) is 12.4 Å². The predicted molar refractivity (Wildman–Crippen MR) is 118 cm³/mol. The number of piperidine rings is 1. The number of halogens is 3. The second kappa shape index (κ2) is 8.86. The van der Waals surface area contributed by atoms with Crippen LogP contribution in [0.2, 0.25) is 10.0 Å². The summed E-state index contributed by atoms with van der Waals surface area (Å²) in [6.07, 6.45) is 5.95. The molecule has 0 saturated carbocycles. The van der Waals surface area contributed by atoms with Crippen molar-refractivity contribution in [3.05, 3.63) is 38.5 Å². The molecule has 152 valence electrons. The summed E-state index contributed by atoms with van der Waals surface area (Å²) >= 11 is 16.6. The highest BCUT2D eigenvalue weighted by atomic mass is 79.9. The Bertz CT molecular complexity index is 875. The average molecular weight is 488 g/mol. The van der Waals surface area contributed by atoms with Crippen LogP contribution in [0.4, 0.5) is 0 Å². The minimum Gasteiger partial charge on any atom is -0.460 e. The summed E-state index contributed by atoms with van der Waals surface area (Å²) < 4.78 is 6.35. The van der Waals surface area contributed by atoms with E-state index in [0.29, 0.717) is 22.4 Å². The van der Waals surface area contributed by atoms with Crippen molar-refractivity contribution in [1.82, 2.24) is 9.88 Å². The Morgan fingerprint density at radius 2 is 1.89 bits per heavy atom. The molecule has 2 aromatic rings. The number of esters is 1. The van der Waals surface area contributed by atoms with E-state index in [2.05, 4.69) is 31.9 Å². The Morgan fingerprint density at radius 1 is 1.21 bits per heavy atom. The standard InChI is InChI=1S/C21H25BrCl2N2O2/c1-21(2,3)28-18(27)8-13-4-6-26(7-5-13)12-14-9-15-16(20(24)19(14)23)10-25-11-17(15)22/h9-11,13H,4-8,12H2,1-3H3. The van der Waals surface area contributed by atoms with Gasteiger partial charge in [0.15, 0.2) is 0 Å². The second-order valence-corrected chi connectivity index (χ2v) is 10.0. The van der Waals surface area contributed by atoms with Crippen molar-refractivity contribution in [2.45, 2.75) is 52.2 Å². The Labute approximate surface area is 184 Å². The fourth-order valence-electron chi connectivity index (χ4n) is 3.59. The van der Waals surface area contributed by atoms with Gasteiger partial charge in [0, 0.05) is 40.6 Å². The number of pyridine rings is 1. The molecule has 3 rings (SSSR count). The third-order valence-electron chi connectivity index (χ3n) is 4.95. The fraction of sp³-hybridized carbons (Fsp3) is 0.524. The first-order valence-electron chi connectivity index (χ1n) is 9.48. The van der Waals surface area contributed by atoms with Crippen LogP contribution >= 0.6 is 39.1 Å². The number of carbonyl (C=O) groups excluding carboxylic acids is 1. The first-order chi connectivity index (χ1) is 13.1. The summed E-state index contributed by atoms with van der Waals surface area (Å²) in [5.41, 5.74) is 0.588. The zero-order valence-corrected chi connectivity index (χ0v) is 19.5. The van der Waals surface area contributed by atoms with Gasteiger partial charge in [0.05, 0.1) is 10.0 Å². The summed E-state index contributed by atoms with van der Waals surface area (Å²) in [5, 5.41) is 2.99. The highest BCUT2D eigenvalue weighted by Gasteiger charge is 2.25. The first kappa shape index (κ1) is 21.8. The van der Waals surface area contributed by atoms with Gasteiger partial charge in [-0.25, -0.2) is 0 Å². The van der Waals surface area contributed by atoms with E-state index in [9.17, 15) is 4.79 Å². The number of hydrogen-bond donors (Lipinski definition) is 0. The molecule has 4 nitrogen and oxygen atoms in total. The monoisotopic (exact) mass is 486 g/mol. The zero-order chi connectivity index (χ0) is 20.5. The average Bonchev–Trinajstić information content (AvgIpc) is 2.60. The van der Waals surface area contributed by atoms with Gasteiger partial charge in [-0.3, -0.25) is 14.7 Å². The number of fused-ring (bicyclic) bond motifs is 1. The Morgan fingerprint density at radius 3 is 2.54 bits per heavy atom. The Balaban J connectivity index is 1.63. The van der Waals surface area contributed by atoms with Gasteiger partial charge >= 0.3 is 5.97 Å². The lowest BCUT2D eigenvalue weighted by atomic mass is 9.93. The number of rotatable bonds is 4. The third-order valence-corrected chi connectivity index (χ3v) is 6.50. The quantitative estimate of drug-likeness (QED) is 0.478. The summed E-state index contributed by atoms with van der Waals surface area (Å²) in [7, 11) is 0. The van der Waals surface area contributed by atoms with Gasteiger partial charge in [-0.1, -0.05) is 23.2 Å². The minimum absolute atomic E-state index is 0.103. The fourth-order valence-corrected chi connectivity index (χ4v) is 4.52. The number of carbonyl (C=O) groups is 1. The number of ether oxygens (including phenoxy) is 1. The van der Waals surface area contributed by atoms with Crippen molar-refractivity contribution < 1.29 is 9.53 Å². The Hall–Kier alpha value is -0.880. The lowest BCUT2D eigenvalue weighted by molar-refractivity contribution is -0.156. The van der Waals surface area contributed by atoms with Crippen molar-refractivity contribution in [3.8, 4) is 0 Å². The van der Waals surface area contributed by atoms with E-state index in [-0.39, 0.29) is 5.97 Å². The highest BCUT2D eigenvalue weighted by Crippen LogP contribution is 2.37. The molecule has 1 aromatic heterocycles. The van der Waals surface area contributed by atoms with Crippen molar-refractivity contribution in [2.24, 2.45) is 5.92 Å². The van der Waals surface area contributed by atoms with Gasteiger partial charge in [-0.15, -0.1) is 0 Å². The van der Waals surface area contributed by atoms with Crippen LogP contribution in [-0.4, -0.2) is 34.5 Å². The maximum atomic E-state index is 12.1. The predicted octanol–water partition coefficient (Wildman–Crippen LogP) is 6.25. The molecule has 0 bridgehead atoms. The molecule has 0 amide bonds. The summed E-state index contributed by atoms with van der Waals surface area (Å²) in [5.74, 6) is 0.274. The van der Waals surface area contributed by atoms with E-state index in [0.717, 1.165) is 53.3 Å². The van der Waals surface area contributed by atoms with E-state index in [4.69, 9.17) is 27.9 Å². The van der Waals surface area contributed by atoms with E-state index in [1.807, 2.05) is 20.8 Å². The Kier molecular flexibility index (Phi) is 6.91. The molecule has 1 aliphatic heterocycles. The molecule has 7 heteroatoms. The van der Waals surface area contributed by atoms with Gasteiger partial charge < -0.3 is 4.74 Å². The topological polar surface area (TPSA) is 42.4 Å². The lowest BCUT2D eigenvalue weighted by Crippen LogP contribution is -2.35. The van der Waals surface area contributed by atoms with Crippen LogP contribution < -0.4 is 0 Å². The third kappa shape index (κ3) is 5.38. The molecule has 1 saturated heterocycles. The number of nitrogens with zero attached hydrogens (tertiary/aromatic N) is 2. The molecule has 0 unspecified atom stereocenters. The SMILES string of the molecule is CC(C)(C)OC(=O)CC1CCN(Cc2cc3c(Br)cncc3c(Cl)c2Cl)CC1. The lowest BCUT2D eigenvalue weighted by Gasteiger charge is -2.32. The molecule has 0 radical (unpaired) electrons. The molecule has 1 fully saturated rings. The number of likely N-dealkylation sites (tertiary alicyclic amines) is 1. The number of hydrogen-bond acceptors (Lipinski definition) is 4. The largest absolute Gasteiger partial charge is 0.460 e. The first-order valence-corrected chi connectivity index (χ1v) is 11.0. The van der Waals surface area contributed by atoms with Crippen LogP contribution in [0.25, 0.3) is 10.8 Å². The van der Waals surface area contributed by atoms with Crippen LogP contribution in [0.15, 0.2) is 22.9 Å². The van der Waals surface area contributed by atoms with Crippen LogP contribution in [0.5, 0.6) is 0 Å². The van der Waals surface area contributed by atoms with E-state index >= 15 is 0 Å². The van der Waals surface area contributed by atoms with Crippen molar-refractivity contribution in [3.63, 3.8) is 0 Å². The maximum absolute atomic E-state index is 12.1. The summed E-state index contributed by atoms with van der Waals surface area (Å²) in [6, 6.07) is 2.09. The van der Waals surface area contributed by atoms with Crippen LogP contribution in [0.1, 0.15) is 45.6 Å². The summed E-state index contributed by atoms with van der Waals surface area (Å²) in [4.78, 5) is 18.6. The molecule has 0 aliphatic carbocycles.